The van der Waals surface area contributed by atoms with E-state index in [9.17, 15) is 18.1 Å². The molecule has 1 aromatic carbocycles. The Morgan fingerprint density at radius 3 is 2.32 bits per heavy atom. The zero-order valence-electron chi connectivity index (χ0n) is 14.2. The Morgan fingerprint density at radius 1 is 1.20 bits per heavy atom. The Balaban J connectivity index is 2.12. The molecule has 10 heteroatoms. The third kappa shape index (κ3) is 4.68. The molecule has 0 unspecified atom stereocenters. The smallest absolute Gasteiger partial charge is 0.410 e. The first kappa shape index (κ1) is 19.6. The summed E-state index contributed by atoms with van der Waals surface area (Å²) < 4.78 is 32.0. The van der Waals surface area contributed by atoms with Crippen LogP contribution in [0.1, 0.15) is 20.8 Å². The molecule has 0 radical (unpaired) electrons. The van der Waals surface area contributed by atoms with Crippen LogP contribution in [0.15, 0.2) is 28.3 Å². The lowest BCUT2D eigenvalue weighted by Crippen LogP contribution is -2.51. The molecule has 1 fully saturated rings. The maximum atomic E-state index is 12.7. The number of nitrogens with zero attached hydrogens (tertiary/aromatic N) is 3. The third-order valence-corrected chi connectivity index (χ3v) is 5.91. The molecule has 138 valence electrons. The van der Waals surface area contributed by atoms with Crippen molar-refractivity contribution in [2.75, 3.05) is 26.2 Å². The van der Waals surface area contributed by atoms with Gasteiger partial charge in [0.1, 0.15) is 16.2 Å². The topological polar surface area (TPSA) is 96.3 Å². The van der Waals surface area contributed by atoms with Gasteiger partial charge in [0.05, 0.1) is 5.02 Å². The minimum absolute atomic E-state index is 0.0157. The van der Waals surface area contributed by atoms with Gasteiger partial charge in [-0.15, -0.1) is 4.91 Å². The van der Waals surface area contributed by atoms with E-state index in [0.717, 1.165) is 6.07 Å². The zero-order valence-corrected chi connectivity index (χ0v) is 15.8. The summed E-state index contributed by atoms with van der Waals surface area (Å²) in [6.07, 6.45) is -0.477. The summed E-state index contributed by atoms with van der Waals surface area (Å²) in [5.41, 5.74) is -0.633. The second-order valence-electron chi connectivity index (χ2n) is 6.58. The van der Waals surface area contributed by atoms with Crippen LogP contribution < -0.4 is 0 Å². The molecule has 1 amide bonds. The predicted molar refractivity (Wildman–Crippen MR) is 93.5 cm³/mol. The van der Waals surface area contributed by atoms with E-state index < -0.39 is 21.7 Å². The molecule has 1 saturated heterocycles. The van der Waals surface area contributed by atoms with Gasteiger partial charge in [0.15, 0.2) is 0 Å². The highest BCUT2D eigenvalue weighted by molar-refractivity contribution is 7.89. The highest BCUT2D eigenvalue weighted by Gasteiger charge is 2.33. The lowest BCUT2D eigenvalue weighted by Gasteiger charge is -2.35. The van der Waals surface area contributed by atoms with Gasteiger partial charge in [-0.1, -0.05) is 11.6 Å². The molecule has 0 aliphatic carbocycles. The molecule has 1 aliphatic rings. The maximum Gasteiger partial charge on any atom is 0.410 e. The molecule has 0 saturated carbocycles. The fourth-order valence-electron chi connectivity index (χ4n) is 2.32. The van der Waals surface area contributed by atoms with Crippen LogP contribution in [0.3, 0.4) is 0 Å². The molecule has 2 rings (SSSR count). The van der Waals surface area contributed by atoms with Gasteiger partial charge < -0.3 is 9.64 Å². The highest BCUT2D eigenvalue weighted by atomic mass is 35.5. The van der Waals surface area contributed by atoms with E-state index in [0.29, 0.717) is 0 Å². The summed E-state index contributed by atoms with van der Waals surface area (Å²) >= 11 is 5.97. The van der Waals surface area contributed by atoms with Gasteiger partial charge >= 0.3 is 6.09 Å². The first-order chi connectivity index (χ1) is 11.5. The second kappa shape index (κ2) is 7.27. The summed E-state index contributed by atoms with van der Waals surface area (Å²) in [6, 6.07) is 3.81. The van der Waals surface area contributed by atoms with Crippen molar-refractivity contribution in [3.05, 3.63) is 28.1 Å². The third-order valence-electron chi connectivity index (χ3n) is 3.53. The molecule has 1 aromatic rings. The number of hydrogen-bond donors (Lipinski definition) is 0. The van der Waals surface area contributed by atoms with Crippen molar-refractivity contribution in [3.63, 3.8) is 0 Å². The van der Waals surface area contributed by atoms with Crippen LogP contribution in [0.25, 0.3) is 0 Å². The van der Waals surface area contributed by atoms with Crippen molar-refractivity contribution in [1.29, 1.82) is 0 Å². The van der Waals surface area contributed by atoms with Gasteiger partial charge in [0.2, 0.25) is 10.0 Å². The van der Waals surface area contributed by atoms with Crippen LogP contribution in [0.2, 0.25) is 5.02 Å². The first-order valence-electron chi connectivity index (χ1n) is 7.65. The standard InChI is InChI=1S/C15H20ClN3O5S/c1-15(2,3)24-14(20)18-6-8-19(9-7-18)25(22,23)13-10-11(17-21)4-5-12(13)16/h4-5,10H,6-9H2,1-3H3. The second-order valence-corrected chi connectivity index (χ2v) is 8.89. The van der Waals surface area contributed by atoms with E-state index >= 15 is 0 Å². The largest absolute Gasteiger partial charge is 0.444 e. The van der Waals surface area contributed by atoms with Crippen molar-refractivity contribution in [2.24, 2.45) is 5.18 Å². The number of ether oxygens (including phenoxy) is 1. The van der Waals surface area contributed by atoms with E-state index in [1.165, 1.54) is 21.3 Å². The van der Waals surface area contributed by atoms with E-state index in [1.54, 1.807) is 20.8 Å². The average Bonchev–Trinajstić information content (AvgIpc) is 2.53. The van der Waals surface area contributed by atoms with Crippen molar-refractivity contribution in [1.82, 2.24) is 9.21 Å². The van der Waals surface area contributed by atoms with Crippen LogP contribution in [-0.4, -0.2) is 55.5 Å². The lowest BCUT2D eigenvalue weighted by atomic mass is 10.2. The molecular formula is C15H20ClN3O5S. The van der Waals surface area contributed by atoms with Crippen molar-refractivity contribution in [3.8, 4) is 0 Å². The normalized spacial score (nSPS) is 16.6. The minimum Gasteiger partial charge on any atom is -0.444 e. The Kier molecular flexibility index (Phi) is 5.70. The number of benzene rings is 1. The van der Waals surface area contributed by atoms with Crippen LogP contribution in [-0.2, 0) is 14.8 Å². The van der Waals surface area contributed by atoms with E-state index in [-0.39, 0.29) is 41.8 Å². The fourth-order valence-corrected chi connectivity index (χ4v) is 4.24. The number of halogens is 1. The predicted octanol–water partition coefficient (Wildman–Crippen LogP) is 2.98. The summed E-state index contributed by atoms with van der Waals surface area (Å²) in [5, 5.41) is 2.75. The zero-order chi connectivity index (χ0) is 18.8. The van der Waals surface area contributed by atoms with Gasteiger partial charge in [-0.3, -0.25) is 0 Å². The summed E-state index contributed by atoms with van der Waals surface area (Å²) in [6.45, 7) is 5.92. The van der Waals surface area contributed by atoms with Crippen LogP contribution in [0.4, 0.5) is 10.5 Å². The van der Waals surface area contributed by atoms with Gasteiger partial charge in [0.25, 0.3) is 0 Å². The molecular weight excluding hydrogens is 370 g/mol. The number of rotatable bonds is 3. The minimum atomic E-state index is -3.89. The molecule has 0 atom stereocenters. The van der Waals surface area contributed by atoms with Crippen LogP contribution >= 0.6 is 11.6 Å². The Hall–Kier alpha value is -1.71. The van der Waals surface area contributed by atoms with Crippen molar-refractivity contribution >= 4 is 33.4 Å². The molecule has 8 nitrogen and oxygen atoms in total. The van der Waals surface area contributed by atoms with Crippen molar-refractivity contribution < 1.29 is 17.9 Å². The Labute approximate surface area is 151 Å². The Bertz CT molecular complexity index is 768. The summed E-state index contributed by atoms with van der Waals surface area (Å²) in [7, 11) is -3.89. The molecule has 0 spiro atoms. The number of sulfonamides is 1. The van der Waals surface area contributed by atoms with Gasteiger partial charge in [-0.2, -0.15) is 4.31 Å². The number of carbonyl (C=O) groups is 1. The molecule has 0 aromatic heterocycles. The van der Waals surface area contributed by atoms with Crippen molar-refractivity contribution in [2.45, 2.75) is 31.3 Å². The number of carbonyl (C=O) groups excluding carboxylic acids is 1. The fraction of sp³-hybridized carbons (Fsp3) is 0.533. The van der Waals surface area contributed by atoms with E-state index in [2.05, 4.69) is 5.18 Å². The first-order valence-corrected chi connectivity index (χ1v) is 9.47. The number of piperazine rings is 1. The average molecular weight is 390 g/mol. The van der Waals surface area contributed by atoms with Crippen LogP contribution in [0, 0.1) is 4.91 Å². The summed E-state index contributed by atoms with van der Waals surface area (Å²) in [5.74, 6) is 0. The molecule has 25 heavy (non-hydrogen) atoms. The monoisotopic (exact) mass is 389 g/mol. The highest BCUT2D eigenvalue weighted by Crippen LogP contribution is 2.29. The molecule has 1 aliphatic heterocycles. The number of nitroso groups, excluding NO2 is 1. The van der Waals surface area contributed by atoms with E-state index in [1.807, 2.05) is 0 Å². The molecule has 0 N–H and O–H groups in total. The van der Waals surface area contributed by atoms with E-state index in [4.69, 9.17) is 16.3 Å². The van der Waals surface area contributed by atoms with Crippen LogP contribution in [0.5, 0.6) is 0 Å². The number of amides is 1. The lowest BCUT2D eigenvalue weighted by molar-refractivity contribution is 0.0192. The Morgan fingerprint density at radius 2 is 1.80 bits per heavy atom. The molecule has 0 bridgehead atoms. The van der Waals surface area contributed by atoms with Gasteiger partial charge in [0, 0.05) is 26.2 Å². The number of hydrogen-bond acceptors (Lipinski definition) is 6. The summed E-state index contributed by atoms with van der Waals surface area (Å²) in [4.78, 5) is 24.0. The van der Waals surface area contributed by atoms with Gasteiger partial charge in [-0.25, -0.2) is 13.2 Å². The SMILES string of the molecule is CC(C)(C)OC(=O)N1CCN(S(=O)(=O)c2cc(N=O)ccc2Cl)CC1. The van der Waals surface area contributed by atoms with Gasteiger partial charge in [-0.05, 0) is 44.1 Å². The maximum absolute atomic E-state index is 12.7. The molecule has 1 heterocycles. The quantitative estimate of drug-likeness (QED) is 0.740.